The van der Waals surface area contributed by atoms with Crippen molar-refractivity contribution in [2.45, 2.75) is 4.90 Å². The second kappa shape index (κ2) is 8.35. The summed E-state index contributed by atoms with van der Waals surface area (Å²) < 4.78 is 32.4. The summed E-state index contributed by atoms with van der Waals surface area (Å²) >= 11 is 6.05. The summed E-state index contributed by atoms with van der Waals surface area (Å²) in [7, 11) is 0.697. The number of hydrogen-bond donors (Lipinski definition) is 1. The first-order valence-electron chi connectivity index (χ1n) is 7.09. The SMILES string of the molecule is COc1c(C(=O)N(C)C)cc(Cl)cc1S(=O)(=O)N1CCNCC1.Cl. The first-order chi connectivity index (χ1) is 10.8. The first-order valence-corrected chi connectivity index (χ1v) is 8.91. The summed E-state index contributed by atoms with van der Waals surface area (Å²) in [5, 5.41) is 3.27. The van der Waals surface area contributed by atoms with Gasteiger partial charge in [0.05, 0.1) is 12.7 Å². The van der Waals surface area contributed by atoms with Gasteiger partial charge in [-0.25, -0.2) is 8.42 Å². The lowest BCUT2D eigenvalue weighted by Crippen LogP contribution is -2.46. The minimum Gasteiger partial charge on any atom is -0.494 e. The number of benzene rings is 1. The third kappa shape index (κ3) is 4.12. The Bertz CT molecular complexity index is 704. The zero-order valence-electron chi connectivity index (χ0n) is 13.7. The van der Waals surface area contributed by atoms with Crippen molar-refractivity contribution in [3.05, 3.63) is 22.7 Å². The minimum absolute atomic E-state index is 0. The van der Waals surface area contributed by atoms with E-state index in [0.717, 1.165) is 0 Å². The molecule has 0 radical (unpaired) electrons. The molecule has 1 N–H and O–H groups in total. The Kier molecular flexibility index (Phi) is 7.30. The van der Waals surface area contributed by atoms with Crippen LogP contribution < -0.4 is 10.1 Å². The molecule has 1 aliphatic heterocycles. The molecule has 0 saturated carbocycles. The van der Waals surface area contributed by atoms with Crippen molar-refractivity contribution >= 4 is 39.9 Å². The van der Waals surface area contributed by atoms with Gasteiger partial charge in [-0.3, -0.25) is 4.79 Å². The Labute approximate surface area is 153 Å². The molecule has 0 atom stereocenters. The predicted molar refractivity (Wildman–Crippen MR) is 94.9 cm³/mol. The number of nitrogens with zero attached hydrogens (tertiary/aromatic N) is 2. The van der Waals surface area contributed by atoms with Crippen LogP contribution in [-0.2, 0) is 10.0 Å². The fraction of sp³-hybridized carbons (Fsp3) is 0.500. The largest absolute Gasteiger partial charge is 0.494 e. The number of amides is 1. The second-order valence-electron chi connectivity index (χ2n) is 5.34. The summed E-state index contributed by atoms with van der Waals surface area (Å²) in [4.78, 5) is 13.6. The van der Waals surface area contributed by atoms with Crippen LogP contribution >= 0.6 is 24.0 Å². The molecular weight excluding hydrogens is 377 g/mol. The van der Waals surface area contributed by atoms with Crippen LogP contribution in [0.4, 0.5) is 0 Å². The summed E-state index contributed by atoms with van der Waals surface area (Å²) in [6, 6.07) is 2.74. The molecule has 0 bridgehead atoms. The molecule has 136 valence electrons. The van der Waals surface area contributed by atoms with Crippen molar-refractivity contribution in [2.24, 2.45) is 0 Å². The van der Waals surface area contributed by atoms with Crippen LogP contribution in [0.2, 0.25) is 5.02 Å². The van der Waals surface area contributed by atoms with Gasteiger partial charge in [0.25, 0.3) is 5.91 Å². The van der Waals surface area contributed by atoms with Crippen LogP contribution in [0.15, 0.2) is 17.0 Å². The number of hydrogen-bond acceptors (Lipinski definition) is 5. The van der Waals surface area contributed by atoms with E-state index in [2.05, 4.69) is 5.32 Å². The van der Waals surface area contributed by atoms with Crippen LogP contribution in [0.5, 0.6) is 5.75 Å². The Hall–Kier alpha value is -1.06. The number of ether oxygens (including phenoxy) is 1. The Morgan fingerprint density at radius 2 is 1.88 bits per heavy atom. The molecule has 1 aromatic carbocycles. The van der Waals surface area contributed by atoms with Gasteiger partial charge < -0.3 is 15.0 Å². The lowest BCUT2D eigenvalue weighted by molar-refractivity contribution is 0.0823. The van der Waals surface area contributed by atoms with Crippen LogP contribution in [0.1, 0.15) is 10.4 Å². The summed E-state index contributed by atoms with van der Waals surface area (Å²) in [6.07, 6.45) is 0. The molecule has 0 spiro atoms. The zero-order chi connectivity index (χ0) is 17.2. The van der Waals surface area contributed by atoms with E-state index in [-0.39, 0.29) is 39.5 Å². The highest BCUT2D eigenvalue weighted by Gasteiger charge is 2.32. The van der Waals surface area contributed by atoms with Gasteiger partial charge in [0.2, 0.25) is 10.0 Å². The molecule has 1 fully saturated rings. The average Bonchev–Trinajstić information content (AvgIpc) is 2.54. The Morgan fingerprint density at radius 3 is 2.38 bits per heavy atom. The fourth-order valence-electron chi connectivity index (χ4n) is 2.39. The molecule has 1 amide bonds. The highest BCUT2D eigenvalue weighted by molar-refractivity contribution is 7.89. The number of sulfonamides is 1. The van der Waals surface area contributed by atoms with Crippen molar-refractivity contribution in [1.29, 1.82) is 0 Å². The van der Waals surface area contributed by atoms with Crippen LogP contribution in [0.3, 0.4) is 0 Å². The minimum atomic E-state index is -3.80. The van der Waals surface area contributed by atoms with Gasteiger partial charge in [-0.2, -0.15) is 4.31 Å². The third-order valence-corrected chi connectivity index (χ3v) is 5.68. The maximum absolute atomic E-state index is 12.9. The molecule has 0 aliphatic carbocycles. The number of carbonyl (C=O) groups is 1. The van der Waals surface area contributed by atoms with Crippen LogP contribution in [-0.4, -0.2) is 70.9 Å². The van der Waals surface area contributed by atoms with E-state index in [1.807, 2.05) is 0 Å². The molecular formula is C14H21Cl2N3O4S. The average molecular weight is 398 g/mol. The smallest absolute Gasteiger partial charge is 0.257 e. The topological polar surface area (TPSA) is 79.0 Å². The number of carbonyl (C=O) groups excluding carboxylic acids is 1. The van der Waals surface area contributed by atoms with Crippen molar-refractivity contribution in [3.8, 4) is 5.75 Å². The lowest BCUT2D eigenvalue weighted by Gasteiger charge is -2.27. The van der Waals surface area contributed by atoms with E-state index in [9.17, 15) is 13.2 Å². The number of halogens is 2. The molecule has 1 saturated heterocycles. The maximum atomic E-state index is 12.9. The number of rotatable bonds is 4. The molecule has 0 unspecified atom stereocenters. The molecule has 1 aliphatic rings. The zero-order valence-corrected chi connectivity index (χ0v) is 16.1. The van der Waals surface area contributed by atoms with Crippen molar-refractivity contribution in [1.82, 2.24) is 14.5 Å². The number of piperazine rings is 1. The van der Waals surface area contributed by atoms with E-state index in [1.165, 1.54) is 28.4 Å². The van der Waals surface area contributed by atoms with E-state index in [4.69, 9.17) is 16.3 Å². The number of methoxy groups -OCH3 is 1. The predicted octanol–water partition coefficient (Wildman–Crippen LogP) is 1.07. The van der Waals surface area contributed by atoms with Crippen molar-refractivity contribution < 1.29 is 17.9 Å². The number of nitrogens with one attached hydrogen (secondary N) is 1. The summed E-state index contributed by atoms with van der Waals surface area (Å²) in [6.45, 7) is 1.86. The van der Waals surface area contributed by atoms with Crippen LogP contribution in [0.25, 0.3) is 0 Å². The van der Waals surface area contributed by atoms with Gasteiger partial charge in [0.1, 0.15) is 4.90 Å². The van der Waals surface area contributed by atoms with Gasteiger partial charge in [-0.1, -0.05) is 11.6 Å². The van der Waals surface area contributed by atoms with Crippen molar-refractivity contribution in [3.63, 3.8) is 0 Å². The van der Waals surface area contributed by atoms with E-state index >= 15 is 0 Å². The fourth-order valence-corrected chi connectivity index (χ4v) is 4.32. The van der Waals surface area contributed by atoms with Gasteiger partial charge >= 0.3 is 0 Å². The highest BCUT2D eigenvalue weighted by Crippen LogP contribution is 2.34. The Balaban J connectivity index is 0.00000288. The van der Waals surface area contributed by atoms with E-state index in [1.54, 1.807) is 14.1 Å². The molecule has 1 heterocycles. The van der Waals surface area contributed by atoms with Crippen LogP contribution in [0, 0.1) is 0 Å². The quantitative estimate of drug-likeness (QED) is 0.821. The van der Waals surface area contributed by atoms with Gasteiger partial charge in [-0.05, 0) is 12.1 Å². The standard InChI is InChI=1S/C14H20ClN3O4S.ClH/c1-17(2)14(19)11-8-10(15)9-12(13(11)22-3)23(20,21)18-6-4-16-5-7-18;/h8-9,16H,4-7H2,1-3H3;1H. The second-order valence-corrected chi connectivity index (χ2v) is 7.68. The van der Waals surface area contributed by atoms with E-state index < -0.39 is 10.0 Å². The first kappa shape index (κ1) is 21.0. The van der Waals surface area contributed by atoms with Gasteiger partial charge in [-0.15, -0.1) is 12.4 Å². The molecule has 10 heteroatoms. The molecule has 7 nitrogen and oxygen atoms in total. The van der Waals surface area contributed by atoms with Crippen molar-refractivity contribution in [2.75, 3.05) is 47.4 Å². The maximum Gasteiger partial charge on any atom is 0.257 e. The van der Waals surface area contributed by atoms with Gasteiger partial charge in [0, 0.05) is 45.3 Å². The highest BCUT2D eigenvalue weighted by atomic mass is 35.5. The third-order valence-electron chi connectivity index (χ3n) is 3.55. The molecule has 2 rings (SSSR count). The van der Waals surface area contributed by atoms with Gasteiger partial charge in [0.15, 0.2) is 5.75 Å². The monoisotopic (exact) mass is 397 g/mol. The Morgan fingerprint density at radius 1 is 1.29 bits per heavy atom. The molecule has 1 aromatic rings. The summed E-state index contributed by atoms with van der Waals surface area (Å²) in [5.41, 5.74) is 0.124. The molecule has 24 heavy (non-hydrogen) atoms. The normalized spacial score (nSPS) is 15.5. The molecule has 0 aromatic heterocycles. The summed E-state index contributed by atoms with van der Waals surface area (Å²) in [5.74, 6) is -0.354. The lowest BCUT2D eigenvalue weighted by atomic mass is 10.2. The van der Waals surface area contributed by atoms with E-state index in [0.29, 0.717) is 26.2 Å².